The van der Waals surface area contributed by atoms with E-state index in [4.69, 9.17) is 10.3 Å². The molecule has 0 bridgehead atoms. The first kappa shape index (κ1) is 11.3. The minimum Gasteiger partial charge on any atom is -0.398 e. The number of nitrogens with zero attached hydrogens (tertiary/aromatic N) is 4. The number of hydrogen-bond donors (Lipinski definition) is 1. The zero-order chi connectivity index (χ0) is 13.2. The molecule has 0 amide bonds. The summed E-state index contributed by atoms with van der Waals surface area (Å²) in [6.45, 7) is 0. The van der Waals surface area contributed by atoms with Crippen LogP contribution in [0.25, 0.3) is 23.1 Å². The highest BCUT2D eigenvalue weighted by molar-refractivity contribution is 5.70. The fourth-order valence-electron chi connectivity index (χ4n) is 1.57. The van der Waals surface area contributed by atoms with Crippen LogP contribution in [-0.2, 0) is 0 Å². The topological polar surface area (TPSA) is 90.7 Å². The fourth-order valence-corrected chi connectivity index (χ4v) is 1.57. The minimum atomic E-state index is -0.424. The Labute approximate surface area is 107 Å². The molecule has 0 aliphatic heterocycles. The first-order valence-corrected chi connectivity index (χ1v) is 5.40. The van der Waals surface area contributed by atoms with Crippen molar-refractivity contribution in [1.29, 1.82) is 0 Å². The van der Waals surface area contributed by atoms with E-state index in [1.807, 2.05) is 0 Å². The van der Waals surface area contributed by atoms with Gasteiger partial charge in [0.05, 0.1) is 5.56 Å². The Morgan fingerprint density at radius 3 is 2.63 bits per heavy atom. The van der Waals surface area contributed by atoms with Gasteiger partial charge in [-0.25, -0.2) is 14.4 Å². The van der Waals surface area contributed by atoms with Crippen molar-refractivity contribution in [3.05, 3.63) is 42.5 Å². The predicted molar refractivity (Wildman–Crippen MR) is 65.1 cm³/mol. The van der Waals surface area contributed by atoms with Crippen LogP contribution in [0.5, 0.6) is 0 Å². The third-order valence-electron chi connectivity index (χ3n) is 2.44. The Morgan fingerprint density at radius 1 is 1.11 bits per heavy atom. The zero-order valence-electron chi connectivity index (χ0n) is 9.62. The summed E-state index contributed by atoms with van der Waals surface area (Å²) in [5, 5.41) is 3.77. The van der Waals surface area contributed by atoms with Crippen molar-refractivity contribution in [2.75, 3.05) is 5.73 Å². The molecule has 19 heavy (non-hydrogen) atoms. The number of benzene rings is 1. The van der Waals surface area contributed by atoms with E-state index in [1.54, 1.807) is 18.5 Å². The number of hydrogen-bond acceptors (Lipinski definition) is 6. The van der Waals surface area contributed by atoms with Crippen LogP contribution < -0.4 is 5.73 Å². The highest BCUT2D eigenvalue weighted by atomic mass is 19.1. The molecule has 2 heterocycles. The van der Waals surface area contributed by atoms with Gasteiger partial charge in [0.1, 0.15) is 5.82 Å². The predicted octanol–water partition coefficient (Wildman–Crippen LogP) is 1.91. The molecule has 0 spiro atoms. The molecule has 0 unspecified atom stereocenters. The molecular weight excluding hydrogens is 249 g/mol. The molecule has 2 aromatic heterocycles. The molecule has 0 aliphatic rings. The molecule has 0 fully saturated rings. The second kappa shape index (κ2) is 4.45. The molecule has 0 saturated carbocycles. The molecule has 3 aromatic rings. The van der Waals surface area contributed by atoms with Crippen LogP contribution >= 0.6 is 0 Å². The summed E-state index contributed by atoms with van der Waals surface area (Å²) >= 11 is 0. The summed E-state index contributed by atoms with van der Waals surface area (Å²) in [6.07, 6.45) is 3.15. The molecule has 0 atom stereocenters. The Balaban J connectivity index is 2.02. The molecule has 0 saturated heterocycles. The first-order valence-electron chi connectivity index (χ1n) is 5.40. The summed E-state index contributed by atoms with van der Waals surface area (Å²) in [5.74, 6) is 0.366. The highest BCUT2D eigenvalue weighted by Crippen LogP contribution is 2.26. The number of aromatic nitrogens is 4. The van der Waals surface area contributed by atoms with Crippen molar-refractivity contribution in [2.45, 2.75) is 0 Å². The van der Waals surface area contributed by atoms with Crippen LogP contribution in [0.4, 0.5) is 10.1 Å². The van der Waals surface area contributed by atoms with E-state index in [2.05, 4.69) is 20.1 Å². The first-order chi connectivity index (χ1) is 9.24. The van der Waals surface area contributed by atoms with Gasteiger partial charge in [-0.1, -0.05) is 5.16 Å². The number of halogens is 1. The van der Waals surface area contributed by atoms with Crippen molar-refractivity contribution >= 4 is 5.69 Å². The molecule has 3 rings (SSSR count). The fraction of sp³-hybridized carbons (Fsp3) is 0. The van der Waals surface area contributed by atoms with E-state index in [0.717, 1.165) is 0 Å². The summed E-state index contributed by atoms with van der Waals surface area (Å²) in [5.41, 5.74) is 6.40. The Hall–Kier alpha value is -2.83. The van der Waals surface area contributed by atoms with Crippen LogP contribution in [0.1, 0.15) is 0 Å². The van der Waals surface area contributed by atoms with Crippen molar-refractivity contribution in [3.8, 4) is 23.1 Å². The summed E-state index contributed by atoms with van der Waals surface area (Å²) in [6, 6.07) is 5.63. The van der Waals surface area contributed by atoms with Gasteiger partial charge in [0.2, 0.25) is 11.6 Å². The molecule has 0 radical (unpaired) electrons. The largest absolute Gasteiger partial charge is 0.398 e. The van der Waals surface area contributed by atoms with Gasteiger partial charge in [-0.2, -0.15) is 4.98 Å². The Kier molecular flexibility index (Phi) is 2.64. The zero-order valence-corrected chi connectivity index (χ0v) is 9.62. The van der Waals surface area contributed by atoms with Gasteiger partial charge in [0.25, 0.3) is 5.89 Å². The Bertz CT molecular complexity index is 713. The highest BCUT2D eigenvalue weighted by Gasteiger charge is 2.14. The molecule has 6 nitrogen and oxygen atoms in total. The smallest absolute Gasteiger partial charge is 0.260 e. The maximum atomic E-state index is 13.0. The number of nitrogen functional groups attached to an aromatic ring is 1. The van der Waals surface area contributed by atoms with E-state index < -0.39 is 5.82 Å². The van der Waals surface area contributed by atoms with Gasteiger partial charge >= 0.3 is 0 Å². The maximum Gasteiger partial charge on any atom is 0.260 e. The summed E-state index contributed by atoms with van der Waals surface area (Å²) in [7, 11) is 0. The lowest BCUT2D eigenvalue weighted by molar-refractivity contribution is 0.432. The third-order valence-corrected chi connectivity index (χ3v) is 2.44. The molecular formula is C12H8FN5O. The van der Waals surface area contributed by atoms with Crippen LogP contribution in [0.15, 0.2) is 41.2 Å². The number of rotatable bonds is 2. The summed E-state index contributed by atoms with van der Waals surface area (Å²) in [4.78, 5) is 12.1. The van der Waals surface area contributed by atoms with Gasteiger partial charge < -0.3 is 10.3 Å². The number of nitrogens with two attached hydrogens (primary N) is 1. The standard InChI is InChI=1S/C12H8FN5O/c13-7-2-3-8(9(14)6-7)12-17-11(18-19-12)10-15-4-1-5-16-10/h1-6H,14H2. The van der Waals surface area contributed by atoms with E-state index in [-0.39, 0.29) is 17.4 Å². The lowest BCUT2D eigenvalue weighted by atomic mass is 10.2. The second-order valence-corrected chi connectivity index (χ2v) is 3.73. The van der Waals surface area contributed by atoms with Gasteiger partial charge in [-0.05, 0) is 24.3 Å². The van der Waals surface area contributed by atoms with Gasteiger partial charge in [-0.3, -0.25) is 0 Å². The maximum absolute atomic E-state index is 13.0. The van der Waals surface area contributed by atoms with Crippen molar-refractivity contribution in [3.63, 3.8) is 0 Å². The van der Waals surface area contributed by atoms with E-state index >= 15 is 0 Å². The molecule has 1 aromatic carbocycles. The van der Waals surface area contributed by atoms with Gasteiger partial charge in [0.15, 0.2) is 0 Å². The average molecular weight is 257 g/mol. The van der Waals surface area contributed by atoms with E-state index in [1.165, 1.54) is 18.2 Å². The third kappa shape index (κ3) is 2.13. The summed E-state index contributed by atoms with van der Waals surface area (Å²) < 4.78 is 18.0. The lowest BCUT2D eigenvalue weighted by Gasteiger charge is -1.99. The van der Waals surface area contributed by atoms with Crippen LogP contribution in [-0.4, -0.2) is 20.1 Å². The monoisotopic (exact) mass is 257 g/mol. The molecule has 94 valence electrons. The Morgan fingerprint density at radius 2 is 1.89 bits per heavy atom. The minimum absolute atomic E-state index is 0.194. The van der Waals surface area contributed by atoms with Crippen molar-refractivity contribution < 1.29 is 8.91 Å². The molecule has 0 aliphatic carbocycles. The van der Waals surface area contributed by atoms with Gasteiger partial charge in [-0.15, -0.1) is 0 Å². The van der Waals surface area contributed by atoms with Crippen molar-refractivity contribution in [2.24, 2.45) is 0 Å². The van der Waals surface area contributed by atoms with Crippen molar-refractivity contribution in [1.82, 2.24) is 20.1 Å². The normalized spacial score (nSPS) is 10.6. The quantitative estimate of drug-likeness (QED) is 0.705. The van der Waals surface area contributed by atoms with E-state index in [9.17, 15) is 4.39 Å². The van der Waals surface area contributed by atoms with Gasteiger partial charge in [0, 0.05) is 18.1 Å². The van der Waals surface area contributed by atoms with Crippen LogP contribution in [0.3, 0.4) is 0 Å². The molecule has 2 N–H and O–H groups in total. The number of anilines is 1. The lowest BCUT2D eigenvalue weighted by Crippen LogP contribution is -1.92. The second-order valence-electron chi connectivity index (χ2n) is 3.73. The van der Waals surface area contributed by atoms with Crippen LogP contribution in [0, 0.1) is 5.82 Å². The average Bonchev–Trinajstić information content (AvgIpc) is 2.89. The SMILES string of the molecule is Nc1cc(F)ccc1-c1nc(-c2ncccn2)no1. The van der Waals surface area contributed by atoms with E-state index in [0.29, 0.717) is 11.4 Å². The van der Waals surface area contributed by atoms with Crippen LogP contribution in [0.2, 0.25) is 0 Å². The molecule has 7 heteroatoms.